The van der Waals surface area contributed by atoms with Gasteiger partial charge in [-0.05, 0) is 20.8 Å². The smallest absolute Gasteiger partial charge is 0.182 e. The molecular formula is C8H17NO2. The molecule has 3 heteroatoms. The lowest BCUT2D eigenvalue weighted by molar-refractivity contribution is 0.0814. The van der Waals surface area contributed by atoms with E-state index in [0.717, 1.165) is 0 Å². The summed E-state index contributed by atoms with van der Waals surface area (Å²) in [7, 11) is 0. The standard InChI is InChI=1S/C8H17NO2/c1-4-10-8(9)5-6-11-7(2)3/h7,9H,4-6H2,1-3H3. The molecule has 0 aromatic heterocycles. The topological polar surface area (TPSA) is 42.3 Å². The predicted molar refractivity (Wildman–Crippen MR) is 45.1 cm³/mol. The second-order valence-electron chi connectivity index (χ2n) is 2.53. The molecule has 0 aliphatic heterocycles. The van der Waals surface area contributed by atoms with Crippen molar-refractivity contribution in [1.82, 2.24) is 0 Å². The van der Waals surface area contributed by atoms with E-state index in [1.54, 1.807) is 0 Å². The normalized spacial score (nSPS) is 10.2. The number of ether oxygens (including phenoxy) is 2. The lowest BCUT2D eigenvalue weighted by Gasteiger charge is -2.07. The summed E-state index contributed by atoms with van der Waals surface area (Å²) in [5.41, 5.74) is 0. The van der Waals surface area contributed by atoms with E-state index in [1.807, 2.05) is 20.8 Å². The third-order valence-corrected chi connectivity index (χ3v) is 1.10. The van der Waals surface area contributed by atoms with Crippen LogP contribution in [0.3, 0.4) is 0 Å². The van der Waals surface area contributed by atoms with Crippen LogP contribution in [0, 0.1) is 5.41 Å². The number of hydrogen-bond donors (Lipinski definition) is 1. The average Bonchev–Trinajstić information content (AvgIpc) is 1.87. The number of nitrogens with one attached hydrogen (secondary N) is 1. The quantitative estimate of drug-likeness (QED) is 0.491. The summed E-state index contributed by atoms with van der Waals surface area (Å²) in [5.74, 6) is 0.313. The lowest BCUT2D eigenvalue weighted by atomic mass is 10.4. The summed E-state index contributed by atoms with van der Waals surface area (Å²) in [6.07, 6.45) is 0.816. The molecule has 0 aliphatic carbocycles. The van der Waals surface area contributed by atoms with E-state index in [9.17, 15) is 0 Å². The minimum Gasteiger partial charge on any atom is -0.481 e. The van der Waals surface area contributed by atoms with Gasteiger partial charge in [-0.25, -0.2) is 0 Å². The predicted octanol–water partition coefficient (Wildman–Crippen LogP) is 1.82. The Morgan fingerprint density at radius 2 is 2.09 bits per heavy atom. The lowest BCUT2D eigenvalue weighted by Crippen LogP contribution is -2.10. The summed E-state index contributed by atoms with van der Waals surface area (Å²) in [4.78, 5) is 0. The number of hydrogen-bond acceptors (Lipinski definition) is 3. The van der Waals surface area contributed by atoms with Crippen molar-refractivity contribution in [2.75, 3.05) is 13.2 Å². The highest BCUT2D eigenvalue weighted by molar-refractivity contribution is 5.72. The number of rotatable bonds is 5. The molecule has 11 heavy (non-hydrogen) atoms. The fourth-order valence-electron chi connectivity index (χ4n) is 0.634. The molecule has 0 aliphatic rings. The fraction of sp³-hybridized carbons (Fsp3) is 0.875. The van der Waals surface area contributed by atoms with Gasteiger partial charge in [0.25, 0.3) is 0 Å². The Hall–Kier alpha value is -0.570. The maximum absolute atomic E-state index is 7.23. The highest BCUT2D eigenvalue weighted by atomic mass is 16.5. The maximum atomic E-state index is 7.23. The summed E-state index contributed by atoms with van der Waals surface area (Å²) < 4.78 is 10.2. The van der Waals surface area contributed by atoms with E-state index in [0.29, 0.717) is 25.5 Å². The van der Waals surface area contributed by atoms with Crippen molar-refractivity contribution < 1.29 is 9.47 Å². The Labute approximate surface area is 68.2 Å². The highest BCUT2D eigenvalue weighted by Crippen LogP contribution is 1.92. The average molecular weight is 159 g/mol. The molecule has 0 fully saturated rings. The zero-order valence-electron chi connectivity index (χ0n) is 7.52. The molecule has 0 atom stereocenters. The van der Waals surface area contributed by atoms with E-state index in [1.165, 1.54) is 0 Å². The van der Waals surface area contributed by atoms with E-state index in [-0.39, 0.29) is 6.10 Å². The zero-order chi connectivity index (χ0) is 8.69. The second-order valence-corrected chi connectivity index (χ2v) is 2.53. The molecule has 3 nitrogen and oxygen atoms in total. The Morgan fingerprint density at radius 3 is 2.55 bits per heavy atom. The van der Waals surface area contributed by atoms with Crippen LogP contribution in [0.5, 0.6) is 0 Å². The Balaban J connectivity index is 3.17. The van der Waals surface area contributed by atoms with Crippen LogP contribution < -0.4 is 0 Å². The largest absolute Gasteiger partial charge is 0.481 e. The van der Waals surface area contributed by atoms with Gasteiger partial charge in [-0.3, -0.25) is 5.41 Å². The van der Waals surface area contributed by atoms with Gasteiger partial charge in [-0.1, -0.05) is 0 Å². The molecule has 0 aromatic carbocycles. The van der Waals surface area contributed by atoms with Gasteiger partial charge in [0, 0.05) is 6.42 Å². The summed E-state index contributed by atoms with van der Waals surface area (Å²) in [6, 6.07) is 0. The zero-order valence-corrected chi connectivity index (χ0v) is 7.52. The molecule has 0 bridgehead atoms. The van der Waals surface area contributed by atoms with Gasteiger partial charge in [0.15, 0.2) is 5.90 Å². The van der Waals surface area contributed by atoms with Gasteiger partial charge in [0.1, 0.15) is 0 Å². The van der Waals surface area contributed by atoms with E-state index >= 15 is 0 Å². The minimum atomic E-state index is 0.240. The molecule has 1 N–H and O–H groups in total. The second kappa shape index (κ2) is 6.16. The third-order valence-electron chi connectivity index (χ3n) is 1.10. The van der Waals surface area contributed by atoms with Crippen molar-refractivity contribution in [3.05, 3.63) is 0 Å². The molecule has 0 amide bonds. The fourth-order valence-corrected chi connectivity index (χ4v) is 0.634. The molecule has 0 unspecified atom stereocenters. The van der Waals surface area contributed by atoms with Crippen LogP contribution in [0.4, 0.5) is 0 Å². The maximum Gasteiger partial charge on any atom is 0.182 e. The van der Waals surface area contributed by atoms with Crippen molar-refractivity contribution >= 4 is 5.90 Å². The molecule has 0 radical (unpaired) electrons. The Kier molecular flexibility index (Phi) is 5.84. The first-order valence-electron chi connectivity index (χ1n) is 3.98. The molecule has 0 aromatic rings. The van der Waals surface area contributed by atoms with Gasteiger partial charge < -0.3 is 9.47 Å². The van der Waals surface area contributed by atoms with Crippen LogP contribution in [-0.4, -0.2) is 25.2 Å². The Bertz CT molecular complexity index is 113. The van der Waals surface area contributed by atoms with E-state index in [2.05, 4.69) is 0 Å². The van der Waals surface area contributed by atoms with E-state index < -0.39 is 0 Å². The summed E-state index contributed by atoms with van der Waals surface area (Å²) in [5, 5.41) is 7.23. The molecular weight excluding hydrogens is 142 g/mol. The van der Waals surface area contributed by atoms with Crippen LogP contribution in [0.25, 0.3) is 0 Å². The van der Waals surface area contributed by atoms with Crippen molar-refractivity contribution in [3.63, 3.8) is 0 Å². The van der Waals surface area contributed by atoms with Crippen LogP contribution in [0.2, 0.25) is 0 Å². The van der Waals surface area contributed by atoms with Gasteiger partial charge >= 0.3 is 0 Å². The molecule has 0 heterocycles. The third kappa shape index (κ3) is 7.33. The van der Waals surface area contributed by atoms with Crippen LogP contribution in [-0.2, 0) is 9.47 Å². The van der Waals surface area contributed by atoms with Gasteiger partial charge in [-0.2, -0.15) is 0 Å². The minimum absolute atomic E-state index is 0.240. The Morgan fingerprint density at radius 1 is 1.45 bits per heavy atom. The van der Waals surface area contributed by atoms with Crippen molar-refractivity contribution in [1.29, 1.82) is 5.41 Å². The summed E-state index contributed by atoms with van der Waals surface area (Å²) >= 11 is 0. The van der Waals surface area contributed by atoms with Gasteiger partial charge in [0.2, 0.25) is 0 Å². The van der Waals surface area contributed by atoms with Gasteiger partial charge in [-0.15, -0.1) is 0 Å². The first-order valence-corrected chi connectivity index (χ1v) is 3.98. The molecule has 0 saturated carbocycles. The van der Waals surface area contributed by atoms with Crippen molar-refractivity contribution in [3.8, 4) is 0 Å². The first kappa shape index (κ1) is 10.4. The van der Waals surface area contributed by atoms with Crippen molar-refractivity contribution in [2.24, 2.45) is 0 Å². The SMILES string of the molecule is CCOC(=N)CCOC(C)C. The monoisotopic (exact) mass is 159 g/mol. The molecule has 0 rings (SSSR count). The summed E-state index contributed by atoms with van der Waals surface area (Å²) in [6.45, 7) is 6.98. The van der Waals surface area contributed by atoms with Crippen LogP contribution in [0.15, 0.2) is 0 Å². The molecule has 0 saturated heterocycles. The van der Waals surface area contributed by atoms with E-state index in [4.69, 9.17) is 14.9 Å². The first-order chi connectivity index (χ1) is 5.16. The molecule has 66 valence electrons. The van der Waals surface area contributed by atoms with Crippen molar-refractivity contribution in [2.45, 2.75) is 33.3 Å². The van der Waals surface area contributed by atoms with Gasteiger partial charge in [0.05, 0.1) is 19.3 Å². The van der Waals surface area contributed by atoms with Crippen LogP contribution in [0.1, 0.15) is 27.2 Å². The van der Waals surface area contributed by atoms with Crippen LogP contribution >= 0.6 is 0 Å². The highest BCUT2D eigenvalue weighted by Gasteiger charge is 1.97. The molecule has 0 spiro atoms.